The molecule has 2 aromatic rings. The molecule has 0 amide bonds. The van der Waals surface area contributed by atoms with Crippen LogP contribution in [0.3, 0.4) is 0 Å². The van der Waals surface area contributed by atoms with Gasteiger partial charge in [0.1, 0.15) is 5.75 Å². The zero-order valence-corrected chi connectivity index (χ0v) is 12.5. The number of aryl methyl sites for hydroxylation is 1. The number of rotatable bonds is 4. The van der Waals surface area contributed by atoms with Crippen LogP contribution >= 0.6 is 0 Å². The summed E-state index contributed by atoms with van der Waals surface area (Å²) in [7, 11) is 0. The number of nitrogens with one attached hydrogen (secondary N) is 1. The lowest BCUT2D eigenvalue weighted by molar-refractivity contribution is 0.469. The van der Waals surface area contributed by atoms with E-state index in [9.17, 15) is 5.11 Å². The molecule has 3 nitrogen and oxygen atoms in total. The molecule has 0 spiro atoms. The third-order valence-corrected chi connectivity index (χ3v) is 4.06. The molecule has 1 heterocycles. The van der Waals surface area contributed by atoms with E-state index in [0.717, 1.165) is 29.9 Å². The first kappa shape index (κ1) is 13.8. The van der Waals surface area contributed by atoms with Crippen molar-refractivity contribution in [1.82, 2.24) is 0 Å². The maximum Gasteiger partial charge on any atom is 0.120 e. The number of hydrogen-bond donors (Lipinski definition) is 2. The molecule has 3 rings (SSSR count). The van der Waals surface area contributed by atoms with Crippen LogP contribution in [0.5, 0.6) is 5.75 Å². The molecule has 0 aromatic heterocycles. The molecule has 0 atom stereocenters. The summed E-state index contributed by atoms with van der Waals surface area (Å²) in [5.74, 6) is 0.353. The van der Waals surface area contributed by atoms with Crippen molar-refractivity contribution in [2.24, 2.45) is 0 Å². The average molecular weight is 282 g/mol. The van der Waals surface area contributed by atoms with E-state index < -0.39 is 0 Å². The third-order valence-electron chi connectivity index (χ3n) is 4.06. The Kier molecular flexibility index (Phi) is 4.00. The molecule has 0 radical (unpaired) electrons. The van der Waals surface area contributed by atoms with Crippen LogP contribution in [0, 0.1) is 6.92 Å². The molecule has 1 aliphatic heterocycles. The van der Waals surface area contributed by atoms with Crippen molar-refractivity contribution in [1.29, 1.82) is 0 Å². The van der Waals surface area contributed by atoms with Crippen LogP contribution in [0.1, 0.15) is 24.0 Å². The molecule has 0 bridgehead atoms. The van der Waals surface area contributed by atoms with Crippen molar-refractivity contribution >= 4 is 11.4 Å². The van der Waals surface area contributed by atoms with E-state index in [1.54, 1.807) is 6.07 Å². The lowest BCUT2D eigenvalue weighted by Crippen LogP contribution is -2.19. The quantitative estimate of drug-likeness (QED) is 0.892. The maximum atomic E-state index is 9.94. The first-order valence-electron chi connectivity index (χ1n) is 7.60. The van der Waals surface area contributed by atoms with Crippen LogP contribution in [0.2, 0.25) is 0 Å². The fourth-order valence-corrected chi connectivity index (χ4v) is 2.90. The molecule has 1 saturated heterocycles. The van der Waals surface area contributed by atoms with Crippen molar-refractivity contribution in [3.63, 3.8) is 0 Å². The summed E-state index contributed by atoms with van der Waals surface area (Å²) in [5.41, 5.74) is 4.51. The van der Waals surface area contributed by atoms with Crippen molar-refractivity contribution in [3.8, 4) is 5.75 Å². The van der Waals surface area contributed by atoms with E-state index in [1.165, 1.54) is 18.5 Å². The Morgan fingerprint density at radius 2 is 1.86 bits per heavy atom. The SMILES string of the molecule is Cc1ccc(O)c(CNc2ccccc2N2CCCC2)c1. The molecule has 2 aromatic carbocycles. The van der Waals surface area contributed by atoms with Gasteiger partial charge in [0.15, 0.2) is 0 Å². The second kappa shape index (κ2) is 6.08. The Balaban J connectivity index is 1.77. The van der Waals surface area contributed by atoms with Gasteiger partial charge in [0.25, 0.3) is 0 Å². The number of aromatic hydroxyl groups is 1. The monoisotopic (exact) mass is 282 g/mol. The smallest absolute Gasteiger partial charge is 0.120 e. The highest BCUT2D eigenvalue weighted by Crippen LogP contribution is 2.29. The number of anilines is 2. The molecule has 1 fully saturated rings. The van der Waals surface area contributed by atoms with Gasteiger partial charge in [-0.2, -0.15) is 0 Å². The van der Waals surface area contributed by atoms with Crippen LogP contribution in [0.15, 0.2) is 42.5 Å². The van der Waals surface area contributed by atoms with Crippen molar-refractivity contribution in [2.45, 2.75) is 26.3 Å². The van der Waals surface area contributed by atoms with E-state index >= 15 is 0 Å². The van der Waals surface area contributed by atoms with Crippen LogP contribution in [0.4, 0.5) is 11.4 Å². The molecule has 0 saturated carbocycles. The Bertz CT molecular complexity index is 618. The number of nitrogens with zero attached hydrogens (tertiary/aromatic N) is 1. The van der Waals surface area contributed by atoms with Crippen LogP contribution < -0.4 is 10.2 Å². The zero-order chi connectivity index (χ0) is 14.7. The Morgan fingerprint density at radius 1 is 1.10 bits per heavy atom. The molecule has 0 unspecified atom stereocenters. The fraction of sp³-hybridized carbons (Fsp3) is 0.333. The highest BCUT2D eigenvalue weighted by Gasteiger charge is 2.15. The highest BCUT2D eigenvalue weighted by molar-refractivity contribution is 5.70. The van der Waals surface area contributed by atoms with Gasteiger partial charge < -0.3 is 15.3 Å². The molecule has 0 aliphatic carbocycles. The van der Waals surface area contributed by atoms with Crippen molar-refractivity contribution < 1.29 is 5.11 Å². The van der Waals surface area contributed by atoms with E-state index in [-0.39, 0.29) is 0 Å². The minimum atomic E-state index is 0.353. The van der Waals surface area contributed by atoms with E-state index in [0.29, 0.717) is 12.3 Å². The first-order valence-corrected chi connectivity index (χ1v) is 7.60. The Morgan fingerprint density at radius 3 is 2.67 bits per heavy atom. The average Bonchev–Trinajstić information content (AvgIpc) is 3.03. The molecule has 3 heteroatoms. The number of phenolic OH excluding ortho intramolecular Hbond substituents is 1. The minimum Gasteiger partial charge on any atom is -0.508 e. The standard InChI is InChI=1S/C18H22N2O/c1-14-8-9-18(21)15(12-14)13-19-16-6-2-3-7-17(16)20-10-4-5-11-20/h2-3,6-9,12,19,21H,4-5,10-11,13H2,1H3. The number of para-hydroxylation sites is 2. The second-order valence-corrected chi connectivity index (χ2v) is 5.70. The number of benzene rings is 2. The molecule has 1 aliphatic rings. The summed E-state index contributed by atoms with van der Waals surface area (Å²) < 4.78 is 0. The van der Waals surface area contributed by atoms with Gasteiger partial charge >= 0.3 is 0 Å². The lowest BCUT2D eigenvalue weighted by atomic mass is 10.1. The normalized spacial score (nSPS) is 14.4. The predicted octanol–water partition coefficient (Wildman–Crippen LogP) is 3.91. The van der Waals surface area contributed by atoms with Crippen LogP contribution in [0.25, 0.3) is 0 Å². The molecular formula is C18H22N2O. The van der Waals surface area contributed by atoms with E-state index in [1.807, 2.05) is 19.1 Å². The summed E-state index contributed by atoms with van der Waals surface area (Å²) >= 11 is 0. The molecular weight excluding hydrogens is 260 g/mol. The lowest BCUT2D eigenvalue weighted by Gasteiger charge is -2.22. The van der Waals surface area contributed by atoms with Gasteiger partial charge in [-0.15, -0.1) is 0 Å². The summed E-state index contributed by atoms with van der Waals surface area (Å²) in [4.78, 5) is 2.43. The summed E-state index contributed by atoms with van der Waals surface area (Å²) in [6, 6.07) is 14.1. The first-order chi connectivity index (χ1) is 10.2. The summed E-state index contributed by atoms with van der Waals surface area (Å²) in [5, 5.41) is 13.4. The number of phenols is 1. The van der Waals surface area contributed by atoms with Crippen LogP contribution in [-0.4, -0.2) is 18.2 Å². The maximum absolute atomic E-state index is 9.94. The second-order valence-electron chi connectivity index (χ2n) is 5.70. The number of hydrogen-bond acceptors (Lipinski definition) is 3. The van der Waals surface area contributed by atoms with Gasteiger partial charge in [-0.05, 0) is 38.0 Å². The van der Waals surface area contributed by atoms with Gasteiger partial charge in [-0.3, -0.25) is 0 Å². The summed E-state index contributed by atoms with van der Waals surface area (Å²) in [6.07, 6.45) is 2.54. The van der Waals surface area contributed by atoms with Gasteiger partial charge in [-0.1, -0.05) is 29.8 Å². The topological polar surface area (TPSA) is 35.5 Å². The fourth-order valence-electron chi connectivity index (χ4n) is 2.90. The Labute approximate surface area is 126 Å². The van der Waals surface area contributed by atoms with E-state index in [2.05, 4.69) is 34.5 Å². The largest absolute Gasteiger partial charge is 0.508 e. The zero-order valence-electron chi connectivity index (χ0n) is 12.5. The van der Waals surface area contributed by atoms with Crippen molar-refractivity contribution in [3.05, 3.63) is 53.6 Å². The molecule has 110 valence electrons. The third kappa shape index (κ3) is 3.13. The van der Waals surface area contributed by atoms with E-state index in [4.69, 9.17) is 0 Å². The highest BCUT2D eigenvalue weighted by atomic mass is 16.3. The molecule has 2 N–H and O–H groups in total. The summed E-state index contributed by atoms with van der Waals surface area (Å²) in [6.45, 7) is 4.95. The van der Waals surface area contributed by atoms with Gasteiger partial charge in [0.2, 0.25) is 0 Å². The van der Waals surface area contributed by atoms with Gasteiger partial charge in [0.05, 0.1) is 11.4 Å². The van der Waals surface area contributed by atoms with Crippen LogP contribution in [-0.2, 0) is 6.54 Å². The Hall–Kier alpha value is -2.16. The predicted molar refractivity (Wildman–Crippen MR) is 88.1 cm³/mol. The molecule has 21 heavy (non-hydrogen) atoms. The van der Waals surface area contributed by atoms with Gasteiger partial charge in [0, 0.05) is 25.2 Å². The van der Waals surface area contributed by atoms with Gasteiger partial charge in [-0.25, -0.2) is 0 Å². The van der Waals surface area contributed by atoms with Crippen molar-refractivity contribution in [2.75, 3.05) is 23.3 Å². The minimum absolute atomic E-state index is 0.353.